The number of ether oxygens (including phenoxy) is 1. The summed E-state index contributed by atoms with van der Waals surface area (Å²) >= 11 is 0. The van der Waals surface area contributed by atoms with Gasteiger partial charge in [-0.05, 0) is 48.1 Å². The maximum atomic E-state index is 9.39. The molecule has 0 aliphatic carbocycles. The summed E-state index contributed by atoms with van der Waals surface area (Å²) < 4.78 is 5.97. The van der Waals surface area contributed by atoms with Crippen molar-refractivity contribution in [3.63, 3.8) is 0 Å². The minimum absolute atomic E-state index is 0.477. The van der Waals surface area contributed by atoms with Gasteiger partial charge in [0.1, 0.15) is 18.4 Å². The molecule has 2 bridgehead atoms. The monoisotopic (exact) mass is 330 g/mol. The second kappa shape index (κ2) is 7.13. The molecule has 1 N–H and O–H groups in total. The summed E-state index contributed by atoms with van der Waals surface area (Å²) in [6.07, 6.45) is 7.19. The van der Waals surface area contributed by atoms with E-state index in [1.54, 1.807) is 0 Å². The fourth-order valence-corrected chi connectivity index (χ4v) is 3.81. The average Bonchev–Trinajstić information content (AvgIpc) is 2.66. The van der Waals surface area contributed by atoms with E-state index in [9.17, 15) is 5.26 Å². The smallest absolute Gasteiger partial charge is 0.138 e. The zero-order valence-corrected chi connectivity index (χ0v) is 14.2. The first-order valence-corrected chi connectivity index (χ1v) is 9.00. The van der Waals surface area contributed by atoms with E-state index in [0.717, 1.165) is 12.0 Å². The van der Waals surface area contributed by atoms with Gasteiger partial charge in [0.05, 0.1) is 5.56 Å². The van der Waals surface area contributed by atoms with Gasteiger partial charge in [-0.3, -0.25) is 0 Å². The summed E-state index contributed by atoms with van der Waals surface area (Å²) in [7, 11) is 0. The van der Waals surface area contributed by atoms with Crippen LogP contribution in [0.5, 0.6) is 5.75 Å². The van der Waals surface area contributed by atoms with Crippen LogP contribution in [0, 0.1) is 11.3 Å². The third-order valence-electron chi connectivity index (χ3n) is 5.10. The number of benzene rings is 2. The Morgan fingerprint density at radius 1 is 1.12 bits per heavy atom. The fraction of sp³-hybridized carbons (Fsp3) is 0.318. The molecule has 126 valence electrons. The molecule has 2 aromatic carbocycles. The molecule has 2 unspecified atom stereocenters. The van der Waals surface area contributed by atoms with E-state index in [1.807, 2.05) is 42.5 Å². The Labute approximate surface area is 148 Å². The largest absolute Gasteiger partial charge is 0.488 e. The van der Waals surface area contributed by atoms with E-state index in [1.165, 1.54) is 30.4 Å². The van der Waals surface area contributed by atoms with Crippen molar-refractivity contribution < 1.29 is 4.74 Å². The van der Waals surface area contributed by atoms with Crippen LogP contribution >= 0.6 is 0 Å². The van der Waals surface area contributed by atoms with E-state index >= 15 is 0 Å². The van der Waals surface area contributed by atoms with Gasteiger partial charge in [-0.1, -0.05) is 48.9 Å². The normalized spacial score (nSPS) is 22.0. The van der Waals surface area contributed by atoms with Gasteiger partial charge in [0.2, 0.25) is 0 Å². The number of fused-ring (bicyclic) bond motifs is 2. The molecule has 1 fully saturated rings. The number of piperidine rings is 1. The summed E-state index contributed by atoms with van der Waals surface area (Å²) in [6, 6.07) is 19.4. The SMILES string of the molecule is N#Cc1ccc(C2=CC3CCCC(C2)N3)cc1OCc1ccccc1. The third kappa shape index (κ3) is 3.60. The van der Waals surface area contributed by atoms with Crippen molar-refractivity contribution in [2.75, 3.05) is 0 Å². The van der Waals surface area contributed by atoms with E-state index < -0.39 is 0 Å². The predicted octanol–water partition coefficient (Wildman–Crippen LogP) is 4.44. The lowest BCUT2D eigenvalue weighted by Gasteiger charge is -2.35. The van der Waals surface area contributed by atoms with Crippen molar-refractivity contribution in [3.05, 3.63) is 71.3 Å². The standard InChI is InChI=1S/C22H22N2O/c23-14-18-10-9-17(19-11-20-7-4-8-21(12-19)24-20)13-22(18)25-15-16-5-2-1-3-6-16/h1-3,5-6,9-11,13,20-21,24H,4,7-8,12,15H2. The van der Waals surface area contributed by atoms with Crippen LogP contribution in [-0.4, -0.2) is 12.1 Å². The van der Waals surface area contributed by atoms with E-state index in [4.69, 9.17) is 4.74 Å². The molecule has 2 aliphatic heterocycles. The van der Waals surface area contributed by atoms with Crippen LogP contribution in [0.4, 0.5) is 0 Å². The molecule has 2 heterocycles. The topological polar surface area (TPSA) is 45.0 Å². The molecular formula is C22H22N2O. The Kier molecular flexibility index (Phi) is 4.54. The summed E-state index contributed by atoms with van der Waals surface area (Å²) in [5, 5.41) is 13.1. The van der Waals surface area contributed by atoms with Crippen LogP contribution in [0.25, 0.3) is 5.57 Å². The molecular weight excluding hydrogens is 308 g/mol. The van der Waals surface area contributed by atoms with Gasteiger partial charge in [0, 0.05) is 12.1 Å². The second-order valence-corrected chi connectivity index (χ2v) is 6.89. The lowest BCUT2D eigenvalue weighted by atomic mass is 9.84. The second-order valence-electron chi connectivity index (χ2n) is 6.89. The van der Waals surface area contributed by atoms with Crippen LogP contribution in [0.3, 0.4) is 0 Å². The molecule has 3 heteroatoms. The highest BCUT2D eigenvalue weighted by Gasteiger charge is 2.26. The van der Waals surface area contributed by atoms with E-state index in [0.29, 0.717) is 30.0 Å². The average molecular weight is 330 g/mol. The summed E-state index contributed by atoms with van der Waals surface area (Å²) in [6.45, 7) is 0.477. The number of hydrogen-bond donors (Lipinski definition) is 1. The minimum Gasteiger partial charge on any atom is -0.488 e. The number of nitrogens with one attached hydrogen (secondary N) is 1. The van der Waals surface area contributed by atoms with Crippen molar-refractivity contribution >= 4 is 5.57 Å². The van der Waals surface area contributed by atoms with Crippen molar-refractivity contribution in [3.8, 4) is 11.8 Å². The van der Waals surface area contributed by atoms with Crippen molar-refractivity contribution in [1.82, 2.24) is 5.32 Å². The molecule has 0 saturated carbocycles. The minimum atomic E-state index is 0.477. The van der Waals surface area contributed by atoms with Gasteiger partial charge in [0.15, 0.2) is 0 Å². The van der Waals surface area contributed by atoms with Gasteiger partial charge in [-0.25, -0.2) is 0 Å². The Bertz CT molecular complexity index is 820. The highest BCUT2D eigenvalue weighted by atomic mass is 16.5. The van der Waals surface area contributed by atoms with Crippen LogP contribution in [0.1, 0.15) is 42.4 Å². The molecule has 1 saturated heterocycles. The molecule has 4 rings (SSSR count). The quantitative estimate of drug-likeness (QED) is 0.901. The van der Waals surface area contributed by atoms with Crippen molar-refractivity contribution in [1.29, 1.82) is 5.26 Å². The van der Waals surface area contributed by atoms with Crippen LogP contribution in [0.15, 0.2) is 54.6 Å². The molecule has 2 aliphatic rings. The number of nitriles is 1. The molecule has 2 aromatic rings. The summed E-state index contributed by atoms with van der Waals surface area (Å²) in [4.78, 5) is 0. The predicted molar refractivity (Wildman–Crippen MR) is 99.1 cm³/mol. The van der Waals surface area contributed by atoms with Gasteiger partial charge >= 0.3 is 0 Å². The van der Waals surface area contributed by atoms with Crippen LogP contribution in [0.2, 0.25) is 0 Å². The molecule has 0 aromatic heterocycles. The first-order chi connectivity index (χ1) is 12.3. The van der Waals surface area contributed by atoms with Gasteiger partial charge in [-0.15, -0.1) is 0 Å². The molecule has 0 amide bonds. The van der Waals surface area contributed by atoms with Gasteiger partial charge in [0.25, 0.3) is 0 Å². The zero-order chi connectivity index (χ0) is 17.1. The van der Waals surface area contributed by atoms with Crippen molar-refractivity contribution in [2.24, 2.45) is 0 Å². The lowest BCUT2D eigenvalue weighted by Crippen LogP contribution is -2.44. The number of nitrogens with zero attached hydrogens (tertiary/aromatic N) is 1. The fourth-order valence-electron chi connectivity index (χ4n) is 3.81. The molecule has 3 nitrogen and oxygen atoms in total. The molecule has 0 spiro atoms. The summed E-state index contributed by atoms with van der Waals surface area (Å²) in [5.41, 5.74) is 4.25. The highest BCUT2D eigenvalue weighted by molar-refractivity contribution is 5.70. The van der Waals surface area contributed by atoms with Crippen LogP contribution in [-0.2, 0) is 6.61 Å². The molecule has 0 radical (unpaired) electrons. The third-order valence-corrected chi connectivity index (χ3v) is 5.10. The first kappa shape index (κ1) is 15.9. The summed E-state index contributed by atoms with van der Waals surface area (Å²) in [5.74, 6) is 0.674. The Balaban J connectivity index is 1.58. The maximum Gasteiger partial charge on any atom is 0.138 e. The van der Waals surface area contributed by atoms with E-state index in [2.05, 4.69) is 23.5 Å². The van der Waals surface area contributed by atoms with Crippen LogP contribution < -0.4 is 10.1 Å². The Morgan fingerprint density at radius 2 is 2.00 bits per heavy atom. The number of rotatable bonds is 4. The molecule has 25 heavy (non-hydrogen) atoms. The first-order valence-electron chi connectivity index (χ1n) is 9.00. The number of hydrogen-bond acceptors (Lipinski definition) is 3. The van der Waals surface area contributed by atoms with Gasteiger partial charge in [-0.2, -0.15) is 5.26 Å². The molecule has 2 atom stereocenters. The zero-order valence-electron chi connectivity index (χ0n) is 14.2. The lowest BCUT2D eigenvalue weighted by molar-refractivity contribution is 0.305. The Hall–Kier alpha value is -2.57. The van der Waals surface area contributed by atoms with Crippen molar-refractivity contribution in [2.45, 2.75) is 44.4 Å². The van der Waals surface area contributed by atoms with Gasteiger partial charge < -0.3 is 10.1 Å². The Morgan fingerprint density at radius 3 is 2.80 bits per heavy atom. The highest BCUT2D eigenvalue weighted by Crippen LogP contribution is 2.33. The van der Waals surface area contributed by atoms with E-state index in [-0.39, 0.29) is 0 Å². The maximum absolute atomic E-state index is 9.39.